The van der Waals surface area contributed by atoms with Crippen LogP contribution >= 0.6 is 31.9 Å². The van der Waals surface area contributed by atoms with Gasteiger partial charge in [0, 0.05) is 25.8 Å². The first-order valence-electron chi connectivity index (χ1n) is 5.35. The summed E-state index contributed by atoms with van der Waals surface area (Å²) in [6.07, 6.45) is 0. The molecule has 0 fully saturated rings. The van der Waals surface area contributed by atoms with Gasteiger partial charge in [-0.2, -0.15) is 0 Å². The van der Waals surface area contributed by atoms with Gasteiger partial charge < -0.3 is 5.73 Å². The summed E-state index contributed by atoms with van der Waals surface area (Å²) in [5, 5.41) is 0. The van der Waals surface area contributed by atoms with Gasteiger partial charge in [-0.1, -0.05) is 31.9 Å². The molecule has 0 aliphatic carbocycles. The second kappa shape index (κ2) is 5.24. The Morgan fingerprint density at radius 3 is 2.44 bits per heavy atom. The molecule has 18 heavy (non-hydrogen) atoms. The molecule has 0 aliphatic heterocycles. The van der Waals surface area contributed by atoms with Gasteiger partial charge in [0.05, 0.1) is 0 Å². The number of hydrogen-bond donors (Lipinski definition) is 1. The fourth-order valence-electron chi connectivity index (χ4n) is 1.76. The molecule has 2 aromatic carbocycles. The topological polar surface area (TPSA) is 43.1 Å². The number of benzene rings is 2. The SMILES string of the molecule is Cc1cc(N)ccc1C(=O)c1cc(Br)ccc1Br. The minimum absolute atomic E-state index is 0.0133. The van der Waals surface area contributed by atoms with Crippen LogP contribution in [-0.4, -0.2) is 5.78 Å². The summed E-state index contributed by atoms with van der Waals surface area (Å²) in [5.74, 6) is -0.0133. The largest absolute Gasteiger partial charge is 0.399 e. The molecule has 2 aromatic rings. The lowest BCUT2D eigenvalue weighted by molar-refractivity contribution is 0.103. The number of carbonyl (C=O) groups excluding carboxylic acids is 1. The van der Waals surface area contributed by atoms with Crippen molar-refractivity contribution in [3.05, 3.63) is 62.0 Å². The first-order valence-corrected chi connectivity index (χ1v) is 6.93. The Hall–Kier alpha value is -1.13. The molecule has 2 rings (SSSR count). The van der Waals surface area contributed by atoms with Crippen LogP contribution in [0.15, 0.2) is 45.3 Å². The van der Waals surface area contributed by atoms with E-state index in [1.165, 1.54) is 0 Å². The van der Waals surface area contributed by atoms with E-state index in [1.807, 2.05) is 25.1 Å². The number of carbonyl (C=O) groups is 1. The summed E-state index contributed by atoms with van der Waals surface area (Å²) in [7, 11) is 0. The summed E-state index contributed by atoms with van der Waals surface area (Å²) in [6, 6.07) is 10.9. The van der Waals surface area contributed by atoms with Crippen LogP contribution in [0.25, 0.3) is 0 Å². The lowest BCUT2D eigenvalue weighted by atomic mass is 9.99. The van der Waals surface area contributed by atoms with E-state index in [9.17, 15) is 4.79 Å². The maximum atomic E-state index is 12.5. The third-order valence-electron chi connectivity index (χ3n) is 2.67. The molecule has 0 bridgehead atoms. The van der Waals surface area contributed by atoms with Crippen molar-refractivity contribution in [1.29, 1.82) is 0 Å². The smallest absolute Gasteiger partial charge is 0.194 e. The number of rotatable bonds is 2. The Morgan fingerprint density at radius 1 is 1.06 bits per heavy atom. The van der Waals surface area contributed by atoms with Gasteiger partial charge in [-0.05, 0) is 48.9 Å². The lowest BCUT2D eigenvalue weighted by Gasteiger charge is -2.08. The van der Waals surface area contributed by atoms with Crippen molar-refractivity contribution in [3.63, 3.8) is 0 Å². The van der Waals surface area contributed by atoms with E-state index >= 15 is 0 Å². The molecule has 0 radical (unpaired) electrons. The van der Waals surface area contributed by atoms with Crippen LogP contribution in [0.5, 0.6) is 0 Å². The minimum Gasteiger partial charge on any atom is -0.399 e. The first-order chi connectivity index (χ1) is 8.49. The minimum atomic E-state index is -0.0133. The van der Waals surface area contributed by atoms with Gasteiger partial charge in [0.1, 0.15) is 0 Å². The highest BCUT2D eigenvalue weighted by Gasteiger charge is 2.15. The molecule has 2 N–H and O–H groups in total. The number of ketones is 1. The predicted molar refractivity (Wildman–Crippen MR) is 80.9 cm³/mol. The van der Waals surface area contributed by atoms with Gasteiger partial charge in [0.15, 0.2) is 5.78 Å². The van der Waals surface area contributed by atoms with E-state index in [4.69, 9.17) is 5.73 Å². The van der Waals surface area contributed by atoms with Crippen molar-refractivity contribution < 1.29 is 4.79 Å². The molecule has 0 saturated carbocycles. The molecule has 92 valence electrons. The zero-order chi connectivity index (χ0) is 13.3. The summed E-state index contributed by atoms with van der Waals surface area (Å²) in [5.41, 5.74) is 8.54. The molecule has 0 unspecified atom stereocenters. The zero-order valence-corrected chi connectivity index (χ0v) is 12.9. The second-order valence-corrected chi connectivity index (χ2v) is 5.80. The van der Waals surface area contributed by atoms with Crippen molar-refractivity contribution in [3.8, 4) is 0 Å². The van der Waals surface area contributed by atoms with E-state index in [2.05, 4.69) is 31.9 Å². The lowest BCUT2D eigenvalue weighted by Crippen LogP contribution is -2.05. The standard InChI is InChI=1S/C14H11Br2NO/c1-8-6-10(17)3-4-11(8)14(18)12-7-9(15)2-5-13(12)16/h2-7H,17H2,1H3. The van der Waals surface area contributed by atoms with Crippen molar-refractivity contribution in [2.24, 2.45) is 0 Å². The van der Waals surface area contributed by atoms with Crippen LogP contribution in [0.2, 0.25) is 0 Å². The summed E-state index contributed by atoms with van der Waals surface area (Å²) in [6.45, 7) is 1.88. The Labute approximate surface area is 122 Å². The molecule has 0 atom stereocenters. The normalized spacial score (nSPS) is 10.4. The Bertz CT molecular complexity index is 623. The van der Waals surface area contributed by atoms with E-state index < -0.39 is 0 Å². The third-order valence-corrected chi connectivity index (χ3v) is 3.85. The molecular formula is C14H11Br2NO. The number of nitrogen functional groups attached to an aromatic ring is 1. The molecule has 0 aromatic heterocycles. The summed E-state index contributed by atoms with van der Waals surface area (Å²) in [4.78, 5) is 12.5. The first kappa shape index (κ1) is 13.3. The van der Waals surface area contributed by atoms with Crippen molar-refractivity contribution in [2.75, 3.05) is 5.73 Å². The highest BCUT2D eigenvalue weighted by Crippen LogP contribution is 2.25. The van der Waals surface area contributed by atoms with E-state index in [1.54, 1.807) is 18.2 Å². The van der Waals surface area contributed by atoms with Crippen LogP contribution < -0.4 is 5.73 Å². The van der Waals surface area contributed by atoms with E-state index in [-0.39, 0.29) is 5.78 Å². The van der Waals surface area contributed by atoms with Gasteiger partial charge in [-0.15, -0.1) is 0 Å². The second-order valence-electron chi connectivity index (χ2n) is 4.03. The summed E-state index contributed by atoms with van der Waals surface area (Å²) < 4.78 is 1.66. The van der Waals surface area contributed by atoms with Crippen LogP contribution in [0.1, 0.15) is 21.5 Å². The number of nitrogens with two attached hydrogens (primary N) is 1. The van der Waals surface area contributed by atoms with Crippen LogP contribution in [0, 0.1) is 6.92 Å². The number of halogens is 2. The van der Waals surface area contributed by atoms with Gasteiger partial charge in [0.25, 0.3) is 0 Å². The van der Waals surface area contributed by atoms with Gasteiger partial charge in [-0.25, -0.2) is 0 Å². The average Bonchev–Trinajstić information content (AvgIpc) is 2.31. The monoisotopic (exact) mass is 367 g/mol. The van der Waals surface area contributed by atoms with Gasteiger partial charge in [-0.3, -0.25) is 4.79 Å². The Balaban J connectivity index is 2.51. The molecular weight excluding hydrogens is 358 g/mol. The molecule has 0 spiro atoms. The maximum Gasteiger partial charge on any atom is 0.194 e. The quantitative estimate of drug-likeness (QED) is 0.633. The van der Waals surface area contributed by atoms with E-state index in [0.29, 0.717) is 16.8 Å². The Morgan fingerprint density at radius 2 is 1.78 bits per heavy atom. The van der Waals surface area contributed by atoms with Crippen molar-refractivity contribution >= 4 is 43.3 Å². The highest BCUT2D eigenvalue weighted by molar-refractivity contribution is 9.11. The number of hydrogen-bond acceptors (Lipinski definition) is 2. The van der Waals surface area contributed by atoms with E-state index in [0.717, 1.165) is 14.5 Å². The van der Waals surface area contributed by atoms with Crippen LogP contribution in [0.4, 0.5) is 5.69 Å². The fourth-order valence-corrected chi connectivity index (χ4v) is 2.55. The predicted octanol–water partition coefficient (Wildman–Crippen LogP) is 4.33. The molecule has 2 nitrogen and oxygen atoms in total. The Kier molecular flexibility index (Phi) is 3.88. The molecule has 0 saturated heterocycles. The average molecular weight is 369 g/mol. The van der Waals surface area contributed by atoms with Crippen LogP contribution in [0.3, 0.4) is 0 Å². The zero-order valence-electron chi connectivity index (χ0n) is 9.71. The molecule has 4 heteroatoms. The summed E-state index contributed by atoms with van der Waals surface area (Å²) >= 11 is 6.78. The third kappa shape index (κ3) is 2.65. The fraction of sp³-hybridized carbons (Fsp3) is 0.0714. The number of aryl methyl sites for hydroxylation is 1. The highest BCUT2D eigenvalue weighted by atomic mass is 79.9. The van der Waals surface area contributed by atoms with Crippen molar-refractivity contribution in [1.82, 2.24) is 0 Å². The molecule has 0 aliphatic rings. The molecule has 0 heterocycles. The van der Waals surface area contributed by atoms with Gasteiger partial charge in [0.2, 0.25) is 0 Å². The molecule has 0 amide bonds. The van der Waals surface area contributed by atoms with Crippen LogP contribution in [-0.2, 0) is 0 Å². The maximum absolute atomic E-state index is 12.5. The van der Waals surface area contributed by atoms with Gasteiger partial charge >= 0.3 is 0 Å². The van der Waals surface area contributed by atoms with Crippen molar-refractivity contribution in [2.45, 2.75) is 6.92 Å². The number of anilines is 1.